The van der Waals surface area contributed by atoms with E-state index < -0.39 is 10.4 Å². The number of hydrogen-bond acceptors (Lipinski definition) is 3. The molecule has 0 aromatic heterocycles. The minimum absolute atomic E-state index is 0.0112. The molecule has 2 unspecified atom stereocenters. The van der Waals surface area contributed by atoms with E-state index in [1.807, 2.05) is 12.1 Å². The summed E-state index contributed by atoms with van der Waals surface area (Å²) in [6.07, 6.45) is 4.50. The summed E-state index contributed by atoms with van der Waals surface area (Å²) < 4.78 is 26.6. The lowest BCUT2D eigenvalue weighted by molar-refractivity contribution is 0.0659. The van der Waals surface area contributed by atoms with Crippen LogP contribution in [0.15, 0.2) is 54.6 Å². The van der Waals surface area contributed by atoms with Gasteiger partial charge in [0.1, 0.15) is 16.7 Å². The lowest BCUT2D eigenvalue weighted by Crippen LogP contribution is -2.51. The van der Waals surface area contributed by atoms with E-state index in [0.717, 1.165) is 44.5 Å². The maximum absolute atomic E-state index is 12.5. The smallest absolute Gasteiger partial charge is 0.122 e. The Bertz CT molecular complexity index is 835. The first kappa shape index (κ1) is 18.8. The predicted molar refractivity (Wildman–Crippen MR) is 109 cm³/mol. The molecule has 1 spiro atoms. The first-order chi connectivity index (χ1) is 12.9. The Morgan fingerprint density at radius 2 is 1.74 bits per heavy atom. The molecule has 4 nitrogen and oxygen atoms in total. The van der Waals surface area contributed by atoms with Crippen molar-refractivity contribution in [1.82, 2.24) is 9.21 Å². The second-order valence-corrected chi connectivity index (χ2v) is 10.3. The Labute approximate surface area is 163 Å². The van der Waals surface area contributed by atoms with Crippen LogP contribution in [-0.2, 0) is 34.1 Å². The summed E-state index contributed by atoms with van der Waals surface area (Å²) in [5.74, 6) is 0. The third kappa shape index (κ3) is 4.32. The molecule has 0 saturated carbocycles. The molecule has 0 amide bonds. The third-order valence-electron chi connectivity index (χ3n) is 6.00. The molecule has 4 rings (SSSR count). The van der Waals surface area contributed by atoms with Crippen LogP contribution in [0.4, 0.5) is 0 Å². The molecule has 0 N–H and O–H groups in total. The highest BCUT2D eigenvalue weighted by molar-refractivity contribution is 7.94. The van der Waals surface area contributed by atoms with Gasteiger partial charge in [-0.25, -0.2) is 0 Å². The Morgan fingerprint density at radius 3 is 2.48 bits per heavy atom. The molecule has 2 heterocycles. The number of nitrogens with zero attached hydrogens (tertiary/aromatic N) is 2. The van der Waals surface area contributed by atoms with Crippen molar-refractivity contribution < 1.29 is 8.76 Å². The van der Waals surface area contributed by atoms with E-state index in [1.54, 1.807) is 4.31 Å². The Morgan fingerprint density at radius 1 is 1.04 bits per heavy atom. The van der Waals surface area contributed by atoms with Gasteiger partial charge in [0.05, 0.1) is 13.1 Å². The topological polar surface area (TPSA) is 46.6 Å². The van der Waals surface area contributed by atoms with E-state index in [0.29, 0.717) is 13.1 Å². The molecule has 5 heteroatoms. The van der Waals surface area contributed by atoms with E-state index in [4.69, 9.17) is 0 Å². The number of likely N-dealkylation sites (tertiary alicyclic amines) is 1. The number of sulfonamides is 1. The van der Waals surface area contributed by atoms with Gasteiger partial charge in [-0.2, -0.15) is 0 Å². The largest absolute Gasteiger partial charge is 0.598 e. The van der Waals surface area contributed by atoms with Gasteiger partial charge < -0.3 is 4.55 Å². The zero-order valence-corrected chi connectivity index (χ0v) is 16.8. The first-order valence-electron chi connectivity index (χ1n) is 9.72. The van der Waals surface area contributed by atoms with Gasteiger partial charge in [-0.15, -0.1) is 4.31 Å². The Hall–Kier alpha value is -1.53. The van der Waals surface area contributed by atoms with Crippen LogP contribution in [-0.4, -0.2) is 39.6 Å². The third-order valence-corrected chi connectivity index (χ3v) is 7.20. The average Bonchev–Trinajstić information content (AvgIpc) is 2.79. The summed E-state index contributed by atoms with van der Waals surface area (Å²) in [4.78, 5) is 2.51. The number of hydrogen-bond donors (Lipinski definition) is 0. The standard InChI is InChI=1S/C22H28N2O2S/c1-27(25,26)24-16-21-11-6-5-10-20(21)14-22(18-24)12-7-13-23(17-22)15-19-8-3-2-4-9-19/h2-6,8-11H,7,12-18H2,1H3. The van der Waals surface area contributed by atoms with Crippen molar-refractivity contribution in [2.24, 2.45) is 5.41 Å². The summed E-state index contributed by atoms with van der Waals surface area (Å²) in [5, 5.41) is 0. The van der Waals surface area contributed by atoms with E-state index in [9.17, 15) is 8.76 Å². The molecule has 2 aliphatic rings. The van der Waals surface area contributed by atoms with Gasteiger partial charge in [0.2, 0.25) is 0 Å². The molecule has 2 atom stereocenters. The summed E-state index contributed by atoms with van der Waals surface area (Å²) in [6.45, 7) is 4.07. The van der Waals surface area contributed by atoms with E-state index in [2.05, 4.69) is 47.4 Å². The molecule has 1 saturated heterocycles. The molecular formula is C22H28N2O2S. The highest BCUT2D eigenvalue weighted by Gasteiger charge is 2.43. The van der Waals surface area contributed by atoms with Crippen LogP contribution in [0.3, 0.4) is 0 Å². The second kappa shape index (κ2) is 7.47. The van der Waals surface area contributed by atoms with Gasteiger partial charge >= 0.3 is 0 Å². The van der Waals surface area contributed by atoms with Crippen molar-refractivity contribution in [3.8, 4) is 0 Å². The number of piperidine rings is 1. The SMILES string of the molecule is C[S+](=O)([O-])N1Cc2ccccc2CC2(CCCN(Cc3ccccc3)C2)C1. The maximum Gasteiger partial charge on any atom is 0.122 e. The van der Waals surface area contributed by atoms with Crippen LogP contribution in [0.2, 0.25) is 0 Å². The molecule has 1 fully saturated rings. The highest BCUT2D eigenvalue weighted by Crippen LogP contribution is 2.39. The van der Waals surface area contributed by atoms with Gasteiger partial charge in [-0.3, -0.25) is 4.90 Å². The van der Waals surface area contributed by atoms with Crippen molar-refractivity contribution in [3.05, 3.63) is 71.3 Å². The van der Waals surface area contributed by atoms with Gasteiger partial charge in [0.25, 0.3) is 0 Å². The Balaban J connectivity index is 1.62. The molecule has 0 radical (unpaired) electrons. The molecule has 2 aromatic carbocycles. The van der Waals surface area contributed by atoms with E-state index in [1.165, 1.54) is 17.4 Å². The fourth-order valence-electron chi connectivity index (χ4n) is 4.76. The van der Waals surface area contributed by atoms with E-state index >= 15 is 0 Å². The zero-order chi connectivity index (χ0) is 18.9. The summed E-state index contributed by atoms with van der Waals surface area (Å²) in [5.41, 5.74) is 3.77. The van der Waals surface area contributed by atoms with Crippen molar-refractivity contribution in [2.75, 3.05) is 25.9 Å². The van der Waals surface area contributed by atoms with Gasteiger partial charge in [-0.05, 0) is 42.5 Å². The van der Waals surface area contributed by atoms with Crippen LogP contribution in [0, 0.1) is 5.41 Å². The fraction of sp³-hybridized carbons (Fsp3) is 0.455. The molecule has 2 aliphatic heterocycles. The van der Waals surface area contributed by atoms with Crippen molar-refractivity contribution >= 4 is 10.4 Å². The molecule has 2 aromatic rings. The first-order valence-corrected chi connectivity index (χ1v) is 11.6. The second-order valence-electron chi connectivity index (χ2n) is 8.28. The minimum Gasteiger partial charge on any atom is -0.598 e. The Kier molecular flexibility index (Phi) is 5.21. The predicted octanol–water partition coefficient (Wildman–Crippen LogP) is 3.50. The van der Waals surface area contributed by atoms with Crippen molar-refractivity contribution in [3.63, 3.8) is 0 Å². The van der Waals surface area contributed by atoms with Crippen molar-refractivity contribution in [2.45, 2.75) is 32.4 Å². The van der Waals surface area contributed by atoms with Crippen LogP contribution in [0.25, 0.3) is 0 Å². The van der Waals surface area contributed by atoms with Crippen LogP contribution >= 0.6 is 0 Å². The number of fused-ring (bicyclic) bond motifs is 1. The normalized spacial score (nSPS) is 26.3. The van der Waals surface area contributed by atoms with Gasteiger partial charge in [0.15, 0.2) is 0 Å². The number of rotatable bonds is 3. The van der Waals surface area contributed by atoms with Crippen LogP contribution < -0.4 is 0 Å². The lowest BCUT2D eigenvalue weighted by atomic mass is 9.75. The van der Waals surface area contributed by atoms with Gasteiger partial charge in [-0.1, -0.05) is 58.8 Å². The van der Waals surface area contributed by atoms with Crippen LogP contribution in [0.1, 0.15) is 29.5 Å². The lowest BCUT2D eigenvalue weighted by Gasteiger charge is -2.44. The molecular weight excluding hydrogens is 356 g/mol. The summed E-state index contributed by atoms with van der Waals surface area (Å²) in [6, 6.07) is 18.9. The molecule has 0 bridgehead atoms. The molecule has 0 aliphatic carbocycles. The quantitative estimate of drug-likeness (QED) is 0.761. The molecule has 27 heavy (non-hydrogen) atoms. The zero-order valence-electron chi connectivity index (χ0n) is 16.0. The highest BCUT2D eigenvalue weighted by atomic mass is 32.3. The molecule has 144 valence electrons. The summed E-state index contributed by atoms with van der Waals surface area (Å²) >= 11 is 0. The minimum atomic E-state index is -3.23. The van der Waals surface area contributed by atoms with Gasteiger partial charge in [0, 0.05) is 18.5 Å². The maximum atomic E-state index is 12.5. The fourth-order valence-corrected chi connectivity index (χ4v) is 5.64. The summed E-state index contributed by atoms with van der Waals surface area (Å²) in [7, 11) is -3.23. The average molecular weight is 385 g/mol. The number of benzene rings is 2. The monoisotopic (exact) mass is 384 g/mol. The van der Waals surface area contributed by atoms with Crippen molar-refractivity contribution in [1.29, 1.82) is 0 Å². The van der Waals surface area contributed by atoms with E-state index in [-0.39, 0.29) is 5.41 Å². The van der Waals surface area contributed by atoms with Crippen LogP contribution in [0.5, 0.6) is 0 Å².